The Morgan fingerprint density at radius 2 is 1.68 bits per heavy atom. The van der Waals surface area contributed by atoms with Crippen LogP contribution in [-0.4, -0.2) is 15.7 Å². The van der Waals surface area contributed by atoms with Gasteiger partial charge in [0.15, 0.2) is 6.29 Å². The zero-order valence-electron chi connectivity index (χ0n) is 14.2. The summed E-state index contributed by atoms with van der Waals surface area (Å²) in [4.78, 5) is 15.9. The lowest BCUT2D eigenvalue weighted by molar-refractivity contribution is 0.112. The van der Waals surface area contributed by atoms with Crippen LogP contribution in [0.5, 0.6) is 0 Å². The number of nitrogens with zero attached hydrogens (tertiary/aromatic N) is 2. The molecular formula is C22H18N2O. The van der Waals surface area contributed by atoms with Crippen molar-refractivity contribution in [2.75, 3.05) is 0 Å². The van der Waals surface area contributed by atoms with Crippen molar-refractivity contribution < 1.29 is 4.79 Å². The van der Waals surface area contributed by atoms with Crippen LogP contribution in [0.4, 0.5) is 0 Å². The van der Waals surface area contributed by atoms with Crippen molar-refractivity contribution in [3.05, 3.63) is 83.7 Å². The van der Waals surface area contributed by atoms with Gasteiger partial charge in [-0.25, -0.2) is 4.98 Å². The van der Waals surface area contributed by atoms with Crippen LogP contribution in [0.1, 0.15) is 21.5 Å². The molecule has 3 nitrogen and oxygen atoms in total. The van der Waals surface area contributed by atoms with Gasteiger partial charge in [0.2, 0.25) is 0 Å². The van der Waals surface area contributed by atoms with E-state index in [9.17, 15) is 4.79 Å². The third kappa shape index (κ3) is 2.64. The number of hydrogen-bond donors (Lipinski definition) is 0. The van der Waals surface area contributed by atoms with E-state index < -0.39 is 0 Å². The molecule has 4 rings (SSSR count). The van der Waals surface area contributed by atoms with Crippen LogP contribution in [-0.2, 0) is 0 Å². The van der Waals surface area contributed by atoms with Crippen molar-refractivity contribution >= 4 is 11.9 Å². The second-order valence-corrected chi connectivity index (χ2v) is 6.28. The predicted octanol–water partition coefficient (Wildman–Crippen LogP) is 5.10. The van der Waals surface area contributed by atoms with Crippen LogP contribution >= 0.6 is 0 Å². The van der Waals surface area contributed by atoms with Gasteiger partial charge in [0, 0.05) is 23.5 Å². The minimum Gasteiger partial charge on any atom is -0.306 e. The highest BCUT2D eigenvalue weighted by Gasteiger charge is 2.12. The highest BCUT2D eigenvalue weighted by molar-refractivity contribution is 5.79. The normalized spacial score (nSPS) is 11.0. The summed E-state index contributed by atoms with van der Waals surface area (Å²) < 4.78 is 1.93. The third-order valence-electron chi connectivity index (χ3n) is 4.59. The van der Waals surface area contributed by atoms with Crippen LogP contribution in [0.25, 0.3) is 28.0 Å². The molecule has 0 spiro atoms. The van der Waals surface area contributed by atoms with E-state index in [4.69, 9.17) is 4.98 Å². The van der Waals surface area contributed by atoms with Gasteiger partial charge >= 0.3 is 0 Å². The smallest absolute Gasteiger partial charge is 0.151 e. The van der Waals surface area contributed by atoms with Crippen molar-refractivity contribution in [3.8, 4) is 22.4 Å². The highest BCUT2D eigenvalue weighted by atomic mass is 16.1. The van der Waals surface area contributed by atoms with Crippen LogP contribution in [0.3, 0.4) is 0 Å². The van der Waals surface area contributed by atoms with Gasteiger partial charge in [-0.1, -0.05) is 48.5 Å². The molecule has 0 aliphatic heterocycles. The van der Waals surface area contributed by atoms with Crippen molar-refractivity contribution in [1.29, 1.82) is 0 Å². The topological polar surface area (TPSA) is 34.4 Å². The fraction of sp³-hybridized carbons (Fsp3) is 0.0909. The molecule has 2 aromatic heterocycles. The summed E-state index contributed by atoms with van der Waals surface area (Å²) >= 11 is 0. The molecule has 0 atom stereocenters. The van der Waals surface area contributed by atoms with E-state index in [0.717, 1.165) is 28.8 Å². The minimum absolute atomic E-state index is 0.656. The molecule has 0 saturated carbocycles. The van der Waals surface area contributed by atoms with Crippen molar-refractivity contribution in [1.82, 2.24) is 9.38 Å². The van der Waals surface area contributed by atoms with E-state index in [-0.39, 0.29) is 0 Å². The van der Waals surface area contributed by atoms with E-state index in [1.165, 1.54) is 16.7 Å². The molecule has 25 heavy (non-hydrogen) atoms. The van der Waals surface area contributed by atoms with Gasteiger partial charge in [0.05, 0.1) is 5.69 Å². The number of carbonyl (C=O) groups excluding carboxylic acids is 1. The lowest BCUT2D eigenvalue weighted by Crippen LogP contribution is -1.91. The van der Waals surface area contributed by atoms with E-state index in [2.05, 4.69) is 49.4 Å². The summed E-state index contributed by atoms with van der Waals surface area (Å²) in [6.07, 6.45) is 4.68. The Balaban J connectivity index is 1.89. The molecule has 0 amide bonds. The highest BCUT2D eigenvalue weighted by Crippen LogP contribution is 2.31. The fourth-order valence-electron chi connectivity index (χ4n) is 3.33. The van der Waals surface area contributed by atoms with Crippen LogP contribution < -0.4 is 0 Å². The summed E-state index contributed by atoms with van der Waals surface area (Å²) in [5, 5.41) is 0. The first-order valence-electron chi connectivity index (χ1n) is 8.27. The monoisotopic (exact) mass is 326 g/mol. The lowest BCUT2D eigenvalue weighted by atomic mass is 9.95. The van der Waals surface area contributed by atoms with Gasteiger partial charge in [0.1, 0.15) is 5.65 Å². The van der Waals surface area contributed by atoms with Gasteiger partial charge in [-0.15, -0.1) is 0 Å². The van der Waals surface area contributed by atoms with E-state index in [0.29, 0.717) is 5.56 Å². The molecule has 0 unspecified atom stereocenters. The number of benzene rings is 2. The Morgan fingerprint density at radius 1 is 0.920 bits per heavy atom. The Labute approximate surface area is 146 Å². The average Bonchev–Trinajstić information content (AvgIpc) is 3.07. The van der Waals surface area contributed by atoms with E-state index >= 15 is 0 Å². The molecule has 122 valence electrons. The van der Waals surface area contributed by atoms with Crippen molar-refractivity contribution in [3.63, 3.8) is 0 Å². The molecule has 2 aromatic carbocycles. The Bertz CT molecular complexity index is 1080. The third-order valence-corrected chi connectivity index (χ3v) is 4.59. The zero-order valence-corrected chi connectivity index (χ0v) is 14.2. The van der Waals surface area contributed by atoms with Gasteiger partial charge in [-0.2, -0.15) is 0 Å². The summed E-state index contributed by atoms with van der Waals surface area (Å²) in [7, 11) is 0. The maximum absolute atomic E-state index is 11.1. The number of aldehydes is 1. The number of hydrogen-bond acceptors (Lipinski definition) is 2. The van der Waals surface area contributed by atoms with E-state index in [1.807, 2.05) is 35.9 Å². The number of pyridine rings is 1. The molecule has 0 radical (unpaired) electrons. The van der Waals surface area contributed by atoms with Gasteiger partial charge in [-0.3, -0.25) is 4.79 Å². The van der Waals surface area contributed by atoms with Crippen LogP contribution in [0.15, 0.2) is 67.0 Å². The van der Waals surface area contributed by atoms with Gasteiger partial charge < -0.3 is 4.40 Å². The summed E-state index contributed by atoms with van der Waals surface area (Å²) in [5.41, 5.74) is 8.16. The van der Waals surface area contributed by atoms with Crippen molar-refractivity contribution in [2.24, 2.45) is 0 Å². The summed E-state index contributed by atoms with van der Waals surface area (Å²) in [6, 6.07) is 18.5. The van der Waals surface area contributed by atoms with Gasteiger partial charge in [-0.05, 0) is 42.2 Å². The molecule has 3 heteroatoms. The van der Waals surface area contributed by atoms with Crippen LogP contribution in [0, 0.1) is 13.8 Å². The average molecular weight is 326 g/mol. The second-order valence-electron chi connectivity index (χ2n) is 6.28. The van der Waals surface area contributed by atoms with Crippen LogP contribution in [0.2, 0.25) is 0 Å². The maximum atomic E-state index is 11.1. The first kappa shape index (κ1) is 15.3. The molecule has 0 N–H and O–H groups in total. The van der Waals surface area contributed by atoms with E-state index in [1.54, 1.807) is 0 Å². The largest absolute Gasteiger partial charge is 0.306 e. The summed E-state index contributed by atoms with van der Waals surface area (Å²) in [6.45, 7) is 4.11. The first-order chi connectivity index (χ1) is 12.2. The molecule has 4 aromatic rings. The molecule has 0 saturated heterocycles. The molecule has 0 aliphatic rings. The zero-order chi connectivity index (χ0) is 17.4. The quantitative estimate of drug-likeness (QED) is 0.491. The Kier molecular flexibility index (Phi) is 3.69. The molecule has 2 heterocycles. The Hall–Kier alpha value is -3.20. The number of fused-ring (bicyclic) bond motifs is 1. The number of aromatic nitrogens is 2. The minimum atomic E-state index is 0.656. The first-order valence-corrected chi connectivity index (χ1v) is 8.27. The Morgan fingerprint density at radius 3 is 2.44 bits per heavy atom. The standard InChI is InChI=1S/C22H18N2O/c1-15-11-17(14-25)12-24-13-21(23-22(15)24)20-10-6-9-19(16(20)2)18-7-4-3-5-8-18/h3-14H,1-2H3. The van der Waals surface area contributed by atoms with Crippen molar-refractivity contribution in [2.45, 2.75) is 13.8 Å². The SMILES string of the molecule is Cc1c(-c2ccccc2)cccc1-c1cn2cc(C=O)cc(C)c2n1. The second kappa shape index (κ2) is 6.02. The molecule has 0 aliphatic carbocycles. The maximum Gasteiger partial charge on any atom is 0.151 e. The molecule has 0 fully saturated rings. The molecular weight excluding hydrogens is 308 g/mol. The summed E-state index contributed by atoms with van der Waals surface area (Å²) in [5.74, 6) is 0. The molecule has 0 bridgehead atoms. The number of imidazole rings is 1. The fourth-order valence-corrected chi connectivity index (χ4v) is 3.33. The predicted molar refractivity (Wildman–Crippen MR) is 101 cm³/mol. The lowest BCUT2D eigenvalue weighted by Gasteiger charge is -2.10. The number of carbonyl (C=O) groups is 1. The number of rotatable bonds is 3. The van der Waals surface area contributed by atoms with Gasteiger partial charge in [0.25, 0.3) is 0 Å². The number of aryl methyl sites for hydroxylation is 1.